The summed E-state index contributed by atoms with van der Waals surface area (Å²) in [4.78, 5) is 10.8. The molecule has 5 heteroatoms. The topological polar surface area (TPSA) is 70.3 Å². The van der Waals surface area contributed by atoms with Crippen LogP contribution < -0.4 is 4.74 Å². The van der Waals surface area contributed by atoms with Gasteiger partial charge in [-0.1, -0.05) is 0 Å². The molecule has 1 aromatic carbocycles. The number of carboxylic acid groups (broad SMARTS) is 1. The molecule has 1 aromatic rings. The van der Waals surface area contributed by atoms with Crippen LogP contribution in [0, 0.1) is 11.3 Å². The third-order valence-corrected chi connectivity index (χ3v) is 2.26. The van der Waals surface area contributed by atoms with Crippen molar-refractivity contribution < 1.29 is 14.6 Å². The van der Waals surface area contributed by atoms with Crippen LogP contribution in [0.4, 0.5) is 0 Å². The normalized spacial score (nSPS) is 9.21. The summed E-state index contributed by atoms with van der Waals surface area (Å²) in [5, 5.41) is 17.5. The van der Waals surface area contributed by atoms with Crippen LogP contribution >= 0.6 is 15.9 Å². The highest BCUT2D eigenvalue weighted by atomic mass is 79.9. The van der Waals surface area contributed by atoms with Crippen LogP contribution in [-0.4, -0.2) is 18.2 Å². The number of carbonyl (C=O) groups is 1. The number of halogens is 1. The monoisotopic (exact) mass is 255 g/mol. The van der Waals surface area contributed by atoms with Crippen molar-refractivity contribution in [3.05, 3.63) is 27.7 Å². The molecule has 0 aromatic heterocycles. The summed E-state index contributed by atoms with van der Waals surface area (Å²) in [6.07, 6.45) is 0. The zero-order valence-corrected chi connectivity index (χ0v) is 8.83. The Morgan fingerprint density at radius 1 is 1.64 bits per heavy atom. The first kappa shape index (κ1) is 10.5. The Morgan fingerprint density at radius 3 is 2.71 bits per heavy atom. The number of ether oxygens (including phenoxy) is 1. The summed E-state index contributed by atoms with van der Waals surface area (Å²) in [6.45, 7) is 0. The SMILES string of the molecule is COc1cc(Br)c(C(=O)O)c(C#N)c1. The molecule has 0 saturated carbocycles. The number of hydrogen-bond donors (Lipinski definition) is 1. The fourth-order valence-corrected chi connectivity index (χ4v) is 1.61. The first-order valence-corrected chi connectivity index (χ1v) is 4.40. The highest BCUT2D eigenvalue weighted by Crippen LogP contribution is 2.26. The lowest BCUT2D eigenvalue weighted by atomic mass is 10.1. The summed E-state index contributed by atoms with van der Waals surface area (Å²) in [6, 6.07) is 4.69. The fourth-order valence-electron chi connectivity index (χ4n) is 1.01. The summed E-state index contributed by atoms with van der Waals surface area (Å²) in [5.74, 6) is -0.700. The van der Waals surface area contributed by atoms with Crippen molar-refractivity contribution in [1.82, 2.24) is 0 Å². The summed E-state index contributed by atoms with van der Waals surface area (Å²) in [7, 11) is 1.45. The van der Waals surface area contributed by atoms with Gasteiger partial charge in [-0.3, -0.25) is 0 Å². The molecule has 0 aliphatic rings. The molecule has 0 spiro atoms. The zero-order valence-electron chi connectivity index (χ0n) is 7.24. The molecule has 0 fully saturated rings. The Labute approximate surface area is 88.9 Å². The van der Waals surface area contributed by atoms with Crippen LogP contribution in [0.1, 0.15) is 15.9 Å². The second-order valence-electron chi connectivity index (χ2n) is 2.45. The number of aromatic carboxylic acids is 1. The third-order valence-electron chi connectivity index (χ3n) is 1.63. The van der Waals surface area contributed by atoms with Crippen molar-refractivity contribution in [3.63, 3.8) is 0 Å². The summed E-state index contributed by atoms with van der Waals surface area (Å²) < 4.78 is 5.23. The average molecular weight is 256 g/mol. The van der Waals surface area contributed by atoms with E-state index in [1.165, 1.54) is 19.2 Å². The smallest absolute Gasteiger partial charge is 0.338 e. The quantitative estimate of drug-likeness (QED) is 0.878. The van der Waals surface area contributed by atoms with Crippen LogP contribution in [0.3, 0.4) is 0 Å². The number of benzene rings is 1. The highest BCUT2D eigenvalue weighted by Gasteiger charge is 2.15. The summed E-state index contributed by atoms with van der Waals surface area (Å²) >= 11 is 3.07. The van der Waals surface area contributed by atoms with Crippen LogP contribution in [0.25, 0.3) is 0 Å². The third kappa shape index (κ3) is 1.86. The molecule has 0 bridgehead atoms. The van der Waals surface area contributed by atoms with Crippen LogP contribution in [-0.2, 0) is 0 Å². The molecule has 0 amide bonds. The van der Waals surface area contributed by atoms with E-state index in [1.807, 2.05) is 0 Å². The maximum Gasteiger partial charge on any atom is 0.338 e. The Hall–Kier alpha value is -1.54. The van der Waals surface area contributed by atoms with Gasteiger partial charge in [0.15, 0.2) is 0 Å². The van der Waals surface area contributed by atoms with E-state index >= 15 is 0 Å². The highest BCUT2D eigenvalue weighted by molar-refractivity contribution is 9.10. The second-order valence-corrected chi connectivity index (χ2v) is 3.30. The molecule has 4 nitrogen and oxygen atoms in total. The lowest BCUT2D eigenvalue weighted by molar-refractivity contribution is 0.0695. The van der Waals surface area contributed by atoms with Crippen molar-refractivity contribution in [3.8, 4) is 11.8 Å². The lowest BCUT2D eigenvalue weighted by Crippen LogP contribution is -2.02. The number of nitriles is 1. The number of nitrogens with zero attached hydrogens (tertiary/aromatic N) is 1. The lowest BCUT2D eigenvalue weighted by Gasteiger charge is -2.05. The van der Waals surface area contributed by atoms with Crippen LogP contribution in [0.15, 0.2) is 16.6 Å². The zero-order chi connectivity index (χ0) is 10.7. The van der Waals surface area contributed by atoms with Crippen molar-refractivity contribution in [1.29, 1.82) is 5.26 Å². The van der Waals surface area contributed by atoms with E-state index in [4.69, 9.17) is 15.1 Å². The van der Waals surface area contributed by atoms with Crippen molar-refractivity contribution in [2.24, 2.45) is 0 Å². The Bertz CT molecular complexity index is 423. The predicted octanol–water partition coefficient (Wildman–Crippen LogP) is 2.03. The minimum Gasteiger partial charge on any atom is -0.497 e. The van der Waals surface area contributed by atoms with E-state index in [1.54, 1.807) is 6.07 Å². The standard InChI is InChI=1S/C9H6BrNO3/c1-14-6-2-5(4-11)8(9(12)13)7(10)3-6/h2-3H,1H3,(H,12,13). The molecular weight excluding hydrogens is 250 g/mol. The van der Waals surface area contributed by atoms with Crippen LogP contribution in [0.5, 0.6) is 5.75 Å². The molecule has 1 N–H and O–H groups in total. The number of rotatable bonds is 2. The molecule has 0 atom stereocenters. The van der Waals surface area contributed by atoms with Gasteiger partial charge in [-0.2, -0.15) is 5.26 Å². The van der Waals surface area contributed by atoms with Gasteiger partial charge in [0.05, 0.1) is 18.2 Å². The van der Waals surface area contributed by atoms with Crippen molar-refractivity contribution >= 4 is 21.9 Å². The first-order valence-electron chi connectivity index (χ1n) is 3.61. The Kier molecular flexibility index (Phi) is 3.10. The van der Waals surface area contributed by atoms with Gasteiger partial charge in [0.1, 0.15) is 11.8 Å². The van der Waals surface area contributed by atoms with Crippen molar-refractivity contribution in [2.75, 3.05) is 7.11 Å². The maximum absolute atomic E-state index is 10.8. The van der Waals surface area contributed by atoms with Gasteiger partial charge in [-0.25, -0.2) is 4.79 Å². The average Bonchev–Trinajstić information content (AvgIpc) is 2.15. The van der Waals surface area contributed by atoms with Gasteiger partial charge in [0.2, 0.25) is 0 Å². The van der Waals surface area contributed by atoms with Crippen molar-refractivity contribution in [2.45, 2.75) is 0 Å². The molecule has 0 unspecified atom stereocenters. The molecule has 72 valence electrons. The molecule has 0 saturated heterocycles. The molecular formula is C9H6BrNO3. The van der Waals surface area contributed by atoms with Crippen LogP contribution in [0.2, 0.25) is 0 Å². The fraction of sp³-hybridized carbons (Fsp3) is 0.111. The molecule has 14 heavy (non-hydrogen) atoms. The van der Waals surface area contributed by atoms with Gasteiger partial charge in [-0.05, 0) is 28.1 Å². The van der Waals surface area contributed by atoms with Gasteiger partial charge in [0, 0.05) is 4.47 Å². The summed E-state index contributed by atoms with van der Waals surface area (Å²) in [5.41, 5.74) is 0.0250. The number of carboxylic acids is 1. The predicted molar refractivity (Wildman–Crippen MR) is 52.4 cm³/mol. The Balaban J connectivity index is 3.44. The number of methoxy groups -OCH3 is 1. The van der Waals surface area contributed by atoms with Gasteiger partial charge < -0.3 is 9.84 Å². The molecule has 1 rings (SSSR count). The van der Waals surface area contributed by atoms with Gasteiger partial charge in [0.25, 0.3) is 0 Å². The van der Waals surface area contributed by atoms with E-state index in [-0.39, 0.29) is 11.1 Å². The second kappa shape index (κ2) is 4.11. The minimum atomic E-state index is -1.14. The van der Waals surface area contributed by atoms with Gasteiger partial charge >= 0.3 is 5.97 Å². The molecule has 0 heterocycles. The Morgan fingerprint density at radius 2 is 2.29 bits per heavy atom. The minimum absolute atomic E-state index is 0.0479. The number of hydrogen-bond acceptors (Lipinski definition) is 3. The molecule has 0 aliphatic carbocycles. The molecule has 0 radical (unpaired) electrons. The maximum atomic E-state index is 10.8. The van der Waals surface area contributed by atoms with E-state index in [0.717, 1.165) is 0 Å². The van der Waals surface area contributed by atoms with Gasteiger partial charge in [-0.15, -0.1) is 0 Å². The molecule has 0 aliphatic heterocycles. The van der Waals surface area contributed by atoms with E-state index in [9.17, 15) is 4.79 Å². The largest absolute Gasteiger partial charge is 0.497 e. The van der Waals surface area contributed by atoms with E-state index < -0.39 is 5.97 Å². The van der Waals surface area contributed by atoms with E-state index in [2.05, 4.69) is 15.9 Å². The van der Waals surface area contributed by atoms with E-state index in [0.29, 0.717) is 10.2 Å². The first-order chi connectivity index (χ1) is 6.60.